The molecule has 0 radical (unpaired) electrons. The average molecular weight is 261 g/mol. The second kappa shape index (κ2) is 4.73. The van der Waals surface area contributed by atoms with Gasteiger partial charge in [0.25, 0.3) is 0 Å². The van der Waals surface area contributed by atoms with Crippen LogP contribution in [0.25, 0.3) is 0 Å². The predicted molar refractivity (Wildman–Crippen MR) is 63.1 cm³/mol. The van der Waals surface area contributed by atoms with Crippen molar-refractivity contribution in [3.8, 4) is 0 Å². The Bertz CT molecular complexity index is 464. The van der Waals surface area contributed by atoms with Crippen molar-refractivity contribution in [1.29, 1.82) is 0 Å². The molecule has 1 saturated heterocycles. The van der Waals surface area contributed by atoms with Crippen LogP contribution in [-0.2, 0) is 19.5 Å². The lowest BCUT2D eigenvalue weighted by molar-refractivity contribution is 0.194. The molecule has 1 aromatic carbocycles. The first-order valence-corrected chi connectivity index (χ1v) is 7.61. The lowest BCUT2D eigenvalue weighted by Gasteiger charge is -2.09. The lowest BCUT2D eigenvalue weighted by atomic mass is 9.97. The highest BCUT2D eigenvalue weighted by molar-refractivity contribution is 8.13. The maximum atomic E-state index is 11.0. The van der Waals surface area contributed by atoms with Crippen molar-refractivity contribution in [3.63, 3.8) is 0 Å². The van der Waals surface area contributed by atoms with E-state index in [0.29, 0.717) is 5.92 Å². The predicted octanol–water partition coefficient (Wildman–Crippen LogP) is 2.26. The van der Waals surface area contributed by atoms with Crippen LogP contribution in [0.5, 0.6) is 0 Å². The zero-order valence-electron chi connectivity index (χ0n) is 8.73. The van der Waals surface area contributed by atoms with Gasteiger partial charge in [0.05, 0.1) is 12.4 Å². The minimum absolute atomic E-state index is 0.115. The maximum Gasteiger partial charge on any atom is 0.236 e. The van der Waals surface area contributed by atoms with Gasteiger partial charge in [0.15, 0.2) is 0 Å². The van der Waals surface area contributed by atoms with E-state index in [-0.39, 0.29) is 5.75 Å². The minimum Gasteiger partial charge on any atom is -0.381 e. The van der Waals surface area contributed by atoms with Crippen molar-refractivity contribution in [3.05, 3.63) is 35.4 Å². The van der Waals surface area contributed by atoms with E-state index in [1.165, 1.54) is 0 Å². The van der Waals surface area contributed by atoms with E-state index in [2.05, 4.69) is 0 Å². The summed E-state index contributed by atoms with van der Waals surface area (Å²) in [6.45, 7) is 1.50. The van der Waals surface area contributed by atoms with Crippen molar-refractivity contribution in [2.45, 2.75) is 18.1 Å². The van der Waals surface area contributed by atoms with Crippen LogP contribution in [0.1, 0.15) is 23.5 Å². The van der Waals surface area contributed by atoms with Crippen LogP contribution >= 0.6 is 10.7 Å². The first-order chi connectivity index (χ1) is 7.54. The molecule has 0 saturated carbocycles. The van der Waals surface area contributed by atoms with Crippen LogP contribution in [0.4, 0.5) is 0 Å². The van der Waals surface area contributed by atoms with Crippen LogP contribution < -0.4 is 0 Å². The molecule has 1 aromatic rings. The van der Waals surface area contributed by atoms with Gasteiger partial charge in [-0.3, -0.25) is 0 Å². The van der Waals surface area contributed by atoms with Crippen molar-refractivity contribution in [2.24, 2.45) is 0 Å². The Morgan fingerprint density at radius 3 is 2.88 bits per heavy atom. The molecule has 5 heteroatoms. The van der Waals surface area contributed by atoms with Crippen LogP contribution in [0, 0.1) is 0 Å². The second-order valence-electron chi connectivity index (χ2n) is 3.99. The fraction of sp³-hybridized carbons (Fsp3) is 0.455. The van der Waals surface area contributed by atoms with Crippen molar-refractivity contribution in [1.82, 2.24) is 0 Å². The quantitative estimate of drug-likeness (QED) is 0.783. The molecule has 0 bridgehead atoms. The van der Waals surface area contributed by atoms with E-state index in [9.17, 15) is 8.42 Å². The number of benzene rings is 1. The van der Waals surface area contributed by atoms with E-state index in [1.54, 1.807) is 6.07 Å². The van der Waals surface area contributed by atoms with Crippen molar-refractivity contribution >= 4 is 19.7 Å². The molecule has 2 rings (SSSR count). The molecule has 0 N–H and O–H groups in total. The third-order valence-electron chi connectivity index (χ3n) is 2.69. The monoisotopic (exact) mass is 260 g/mol. The Labute approximate surface area is 99.8 Å². The summed E-state index contributed by atoms with van der Waals surface area (Å²) < 4.78 is 27.3. The van der Waals surface area contributed by atoms with Crippen LogP contribution in [-0.4, -0.2) is 21.6 Å². The molecule has 1 fully saturated rings. The van der Waals surface area contributed by atoms with E-state index < -0.39 is 9.05 Å². The van der Waals surface area contributed by atoms with Crippen molar-refractivity contribution < 1.29 is 13.2 Å². The van der Waals surface area contributed by atoms with E-state index in [4.69, 9.17) is 15.4 Å². The minimum atomic E-state index is -3.48. The summed E-state index contributed by atoms with van der Waals surface area (Å²) in [5, 5.41) is 0. The zero-order valence-corrected chi connectivity index (χ0v) is 10.3. The topological polar surface area (TPSA) is 43.4 Å². The van der Waals surface area contributed by atoms with Gasteiger partial charge in [-0.1, -0.05) is 24.3 Å². The summed E-state index contributed by atoms with van der Waals surface area (Å²) in [6, 6.07) is 7.55. The Balaban J connectivity index is 2.19. The molecule has 1 atom stereocenters. The molecule has 3 nitrogen and oxygen atoms in total. The van der Waals surface area contributed by atoms with Gasteiger partial charge in [0.2, 0.25) is 9.05 Å². The van der Waals surface area contributed by atoms with Gasteiger partial charge < -0.3 is 4.74 Å². The molecule has 0 aromatic heterocycles. The SMILES string of the molecule is O=S(=O)(Cl)Cc1cccc(C2CCOC2)c1. The summed E-state index contributed by atoms with van der Waals surface area (Å²) in [5.74, 6) is 0.272. The van der Waals surface area contributed by atoms with Gasteiger partial charge >= 0.3 is 0 Å². The molecule has 1 aliphatic heterocycles. The van der Waals surface area contributed by atoms with Crippen molar-refractivity contribution in [2.75, 3.05) is 13.2 Å². The molecule has 88 valence electrons. The van der Waals surface area contributed by atoms with Gasteiger partial charge in [0.1, 0.15) is 0 Å². The fourth-order valence-corrected chi connectivity index (χ4v) is 2.89. The standard InChI is InChI=1S/C11H13ClO3S/c12-16(13,14)8-9-2-1-3-10(6-9)11-4-5-15-7-11/h1-3,6,11H,4-5,7-8H2. The average Bonchev–Trinajstić information content (AvgIpc) is 2.68. The highest BCUT2D eigenvalue weighted by Crippen LogP contribution is 2.26. The fourth-order valence-electron chi connectivity index (χ4n) is 1.93. The number of hydrogen-bond donors (Lipinski definition) is 0. The Morgan fingerprint density at radius 2 is 2.25 bits per heavy atom. The third-order valence-corrected chi connectivity index (χ3v) is 3.70. The largest absolute Gasteiger partial charge is 0.381 e. The molecule has 1 aliphatic rings. The number of halogens is 1. The van der Waals surface area contributed by atoms with Gasteiger partial charge in [-0.2, -0.15) is 0 Å². The molecule has 1 heterocycles. The highest BCUT2D eigenvalue weighted by Gasteiger charge is 2.18. The summed E-state index contributed by atoms with van der Waals surface area (Å²) in [4.78, 5) is 0. The lowest BCUT2D eigenvalue weighted by Crippen LogP contribution is -2.00. The molecular formula is C11H13ClO3S. The van der Waals surface area contributed by atoms with E-state index in [1.807, 2.05) is 18.2 Å². The summed E-state index contributed by atoms with van der Waals surface area (Å²) in [6.07, 6.45) is 0.997. The molecular weight excluding hydrogens is 248 g/mol. The third kappa shape index (κ3) is 3.20. The van der Waals surface area contributed by atoms with Crippen LogP contribution in [0.3, 0.4) is 0 Å². The summed E-state index contributed by atoms with van der Waals surface area (Å²) in [7, 11) is 1.75. The maximum absolute atomic E-state index is 11.0. The Kier molecular flexibility index (Phi) is 3.52. The molecule has 0 amide bonds. The van der Waals surface area contributed by atoms with E-state index in [0.717, 1.165) is 30.8 Å². The number of ether oxygens (including phenoxy) is 1. The highest BCUT2D eigenvalue weighted by atomic mass is 35.7. The summed E-state index contributed by atoms with van der Waals surface area (Å²) in [5.41, 5.74) is 1.87. The van der Waals surface area contributed by atoms with Crippen LogP contribution in [0.2, 0.25) is 0 Å². The Hall–Kier alpha value is -0.580. The van der Waals surface area contributed by atoms with Gasteiger partial charge in [-0.25, -0.2) is 8.42 Å². The van der Waals surface area contributed by atoms with Gasteiger partial charge in [-0.05, 0) is 17.5 Å². The van der Waals surface area contributed by atoms with E-state index >= 15 is 0 Å². The molecule has 16 heavy (non-hydrogen) atoms. The zero-order chi connectivity index (χ0) is 11.6. The normalized spacial score (nSPS) is 21.2. The van der Waals surface area contributed by atoms with Gasteiger partial charge in [0, 0.05) is 23.2 Å². The first kappa shape index (κ1) is 11.9. The number of rotatable bonds is 3. The van der Waals surface area contributed by atoms with Gasteiger partial charge in [-0.15, -0.1) is 0 Å². The van der Waals surface area contributed by atoms with Crippen LogP contribution in [0.15, 0.2) is 24.3 Å². The molecule has 0 aliphatic carbocycles. The first-order valence-electron chi connectivity index (χ1n) is 5.13. The smallest absolute Gasteiger partial charge is 0.236 e. The summed E-state index contributed by atoms with van der Waals surface area (Å²) >= 11 is 0. The molecule has 0 spiro atoms. The number of hydrogen-bond acceptors (Lipinski definition) is 3. The second-order valence-corrected chi connectivity index (χ2v) is 6.77. The molecule has 1 unspecified atom stereocenters. The Morgan fingerprint density at radius 1 is 1.44 bits per heavy atom.